The Balaban J connectivity index is 1.58. The molecule has 0 bridgehead atoms. The third-order valence-corrected chi connectivity index (χ3v) is 5.24. The van der Waals surface area contributed by atoms with Crippen LogP contribution in [0.3, 0.4) is 0 Å². The predicted octanol–water partition coefficient (Wildman–Crippen LogP) is 4.10. The molecule has 1 amide bonds. The largest absolute Gasteiger partial charge is 0.368 e. The Morgan fingerprint density at radius 2 is 1.96 bits per heavy atom. The molecule has 2 saturated heterocycles. The summed E-state index contributed by atoms with van der Waals surface area (Å²) in [4.78, 5) is 14.9. The Hall–Kier alpha value is -2.21. The van der Waals surface area contributed by atoms with E-state index in [1.165, 1.54) is 12.1 Å². The quantitative estimate of drug-likeness (QED) is 0.829. The summed E-state index contributed by atoms with van der Waals surface area (Å²) < 4.78 is 24.2. The zero-order valence-electron chi connectivity index (χ0n) is 14.7. The van der Waals surface area contributed by atoms with Crippen LogP contribution in [0, 0.1) is 5.82 Å². The van der Waals surface area contributed by atoms with Crippen LogP contribution in [0.5, 0.6) is 0 Å². The van der Waals surface area contributed by atoms with Crippen molar-refractivity contribution in [2.24, 2.45) is 0 Å². The summed E-state index contributed by atoms with van der Waals surface area (Å²) in [6.45, 7) is 1.38. The summed E-state index contributed by atoms with van der Waals surface area (Å²) >= 11 is 0. The van der Waals surface area contributed by atoms with Gasteiger partial charge in [0.2, 0.25) is 0 Å². The fourth-order valence-electron chi connectivity index (χ4n) is 3.83. The highest BCUT2D eigenvalue weighted by molar-refractivity contribution is 5.81. The zero-order chi connectivity index (χ0) is 17.9. The highest BCUT2D eigenvalue weighted by Crippen LogP contribution is 2.33. The van der Waals surface area contributed by atoms with Gasteiger partial charge in [0.15, 0.2) is 5.76 Å². The number of nitrogens with zero attached hydrogens (tertiary/aromatic N) is 2. The Labute approximate surface area is 152 Å². The molecule has 0 saturated carbocycles. The summed E-state index contributed by atoms with van der Waals surface area (Å²) in [5.41, 5.74) is 1.54. The molecule has 5 nitrogen and oxygen atoms in total. The van der Waals surface area contributed by atoms with Crippen molar-refractivity contribution in [2.45, 2.75) is 50.7 Å². The molecule has 138 valence electrons. The number of likely N-dealkylation sites (tertiary alicyclic amines) is 1. The van der Waals surface area contributed by atoms with E-state index in [-0.39, 0.29) is 23.9 Å². The standard InChI is InChI=1S/C20H23FN2O3/c21-15-9-7-14(8-10-15)19-13-16(22-26-19)17-5-2-1-3-11-23(17)20(24)18-6-4-12-25-18/h7-10,13,17-18H,1-6,11-12H2. The maximum absolute atomic E-state index is 13.1. The van der Waals surface area contributed by atoms with Crippen molar-refractivity contribution in [3.05, 3.63) is 41.8 Å². The predicted molar refractivity (Wildman–Crippen MR) is 93.8 cm³/mol. The van der Waals surface area contributed by atoms with Gasteiger partial charge in [-0.15, -0.1) is 0 Å². The Kier molecular flexibility index (Phi) is 5.02. The minimum atomic E-state index is -0.320. The number of hydrogen-bond donors (Lipinski definition) is 0. The van der Waals surface area contributed by atoms with Crippen LogP contribution >= 0.6 is 0 Å². The molecule has 0 spiro atoms. The van der Waals surface area contributed by atoms with Crippen molar-refractivity contribution in [1.29, 1.82) is 0 Å². The van der Waals surface area contributed by atoms with Crippen LogP contribution in [-0.4, -0.2) is 35.2 Å². The molecule has 2 aliphatic heterocycles. The monoisotopic (exact) mass is 358 g/mol. The number of carbonyl (C=O) groups excluding carboxylic acids is 1. The van der Waals surface area contributed by atoms with E-state index in [0.717, 1.165) is 56.3 Å². The summed E-state index contributed by atoms with van der Waals surface area (Å²) in [7, 11) is 0. The molecule has 0 N–H and O–H groups in total. The third kappa shape index (κ3) is 3.51. The third-order valence-electron chi connectivity index (χ3n) is 5.24. The van der Waals surface area contributed by atoms with Gasteiger partial charge >= 0.3 is 0 Å². The molecule has 4 rings (SSSR count). The SMILES string of the molecule is O=C(C1CCCO1)N1CCCCCC1c1cc(-c2ccc(F)cc2)on1. The second kappa shape index (κ2) is 7.58. The molecular weight excluding hydrogens is 335 g/mol. The van der Waals surface area contributed by atoms with Crippen LogP contribution in [-0.2, 0) is 9.53 Å². The van der Waals surface area contributed by atoms with Gasteiger partial charge in [-0.25, -0.2) is 4.39 Å². The van der Waals surface area contributed by atoms with Crippen LogP contribution in [0.15, 0.2) is 34.9 Å². The van der Waals surface area contributed by atoms with Crippen molar-refractivity contribution in [3.8, 4) is 11.3 Å². The first-order valence-corrected chi connectivity index (χ1v) is 9.37. The number of benzene rings is 1. The lowest BCUT2D eigenvalue weighted by molar-refractivity contribution is -0.143. The Morgan fingerprint density at radius 3 is 2.73 bits per heavy atom. The van der Waals surface area contributed by atoms with E-state index in [1.807, 2.05) is 11.0 Å². The Morgan fingerprint density at radius 1 is 1.12 bits per heavy atom. The fraction of sp³-hybridized carbons (Fsp3) is 0.500. The molecular formula is C20H23FN2O3. The van der Waals surface area contributed by atoms with Gasteiger partial charge in [0.05, 0.1) is 6.04 Å². The molecule has 2 unspecified atom stereocenters. The zero-order valence-corrected chi connectivity index (χ0v) is 14.7. The van der Waals surface area contributed by atoms with Crippen LogP contribution in [0.25, 0.3) is 11.3 Å². The molecule has 26 heavy (non-hydrogen) atoms. The maximum Gasteiger partial charge on any atom is 0.252 e. The summed E-state index contributed by atoms with van der Waals surface area (Å²) in [5.74, 6) is 0.375. The molecule has 2 aliphatic rings. The van der Waals surface area contributed by atoms with Crippen molar-refractivity contribution in [3.63, 3.8) is 0 Å². The summed E-state index contributed by atoms with van der Waals surface area (Å²) in [6.07, 6.45) is 5.44. The number of hydrogen-bond acceptors (Lipinski definition) is 4. The number of aromatic nitrogens is 1. The van der Waals surface area contributed by atoms with E-state index in [1.54, 1.807) is 12.1 Å². The van der Waals surface area contributed by atoms with Crippen molar-refractivity contribution in [1.82, 2.24) is 10.1 Å². The number of carbonyl (C=O) groups is 1. The van der Waals surface area contributed by atoms with Gasteiger partial charge in [0.25, 0.3) is 5.91 Å². The molecule has 2 aromatic rings. The lowest BCUT2D eigenvalue weighted by atomic mass is 10.0. The van der Waals surface area contributed by atoms with Gasteiger partial charge in [-0.1, -0.05) is 18.0 Å². The normalized spacial score (nSPS) is 23.8. The van der Waals surface area contributed by atoms with Crippen molar-refractivity contribution >= 4 is 5.91 Å². The highest BCUT2D eigenvalue weighted by atomic mass is 19.1. The number of amides is 1. The lowest BCUT2D eigenvalue weighted by Gasteiger charge is -2.30. The first-order chi connectivity index (χ1) is 12.7. The van der Waals surface area contributed by atoms with Crippen molar-refractivity contribution < 1.29 is 18.4 Å². The molecule has 1 aromatic heterocycles. The average molecular weight is 358 g/mol. The van der Waals surface area contributed by atoms with Crippen LogP contribution in [0.4, 0.5) is 4.39 Å². The second-order valence-electron chi connectivity index (χ2n) is 7.02. The molecule has 0 aliphatic carbocycles. The van der Waals surface area contributed by atoms with E-state index in [4.69, 9.17) is 9.26 Å². The van der Waals surface area contributed by atoms with Crippen LogP contribution < -0.4 is 0 Å². The van der Waals surface area contributed by atoms with Gasteiger partial charge in [-0.2, -0.15) is 0 Å². The molecule has 1 aromatic carbocycles. The second-order valence-corrected chi connectivity index (χ2v) is 7.02. The average Bonchev–Trinajstić information content (AvgIpc) is 3.30. The van der Waals surface area contributed by atoms with E-state index >= 15 is 0 Å². The maximum atomic E-state index is 13.1. The van der Waals surface area contributed by atoms with E-state index in [0.29, 0.717) is 12.4 Å². The van der Waals surface area contributed by atoms with E-state index in [9.17, 15) is 9.18 Å². The first-order valence-electron chi connectivity index (χ1n) is 9.37. The highest BCUT2D eigenvalue weighted by Gasteiger charge is 2.35. The van der Waals surface area contributed by atoms with Gasteiger partial charge in [0, 0.05) is 24.8 Å². The number of rotatable bonds is 3. The number of halogens is 1. The summed E-state index contributed by atoms with van der Waals surface area (Å²) in [5, 5.41) is 4.24. The van der Waals surface area contributed by atoms with Gasteiger partial charge in [-0.05, 0) is 49.9 Å². The van der Waals surface area contributed by atoms with Crippen LogP contribution in [0.2, 0.25) is 0 Å². The molecule has 0 radical (unpaired) electrons. The molecule has 3 heterocycles. The van der Waals surface area contributed by atoms with Crippen molar-refractivity contribution in [2.75, 3.05) is 13.2 Å². The summed E-state index contributed by atoms with van der Waals surface area (Å²) in [6, 6.07) is 7.92. The fourth-order valence-corrected chi connectivity index (χ4v) is 3.83. The molecule has 2 atom stereocenters. The lowest BCUT2D eigenvalue weighted by Crippen LogP contribution is -2.41. The Bertz CT molecular complexity index is 753. The first kappa shape index (κ1) is 17.2. The van der Waals surface area contributed by atoms with Gasteiger partial charge in [-0.3, -0.25) is 4.79 Å². The van der Waals surface area contributed by atoms with Gasteiger partial charge in [0.1, 0.15) is 17.6 Å². The van der Waals surface area contributed by atoms with E-state index in [2.05, 4.69) is 5.16 Å². The topological polar surface area (TPSA) is 55.6 Å². The molecule has 6 heteroatoms. The minimum absolute atomic E-state index is 0.0701. The van der Waals surface area contributed by atoms with Gasteiger partial charge < -0.3 is 14.2 Å². The minimum Gasteiger partial charge on any atom is -0.368 e. The molecule has 2 fully saturated rings. The van der Waals surface area contributed by atoms with E-state index < -0.39 is 0 Å². The smallest absolute Gasteiger partial charge is 0.252 e. The van der Waals surface area contributed by atoms with Crippen LogP contribution in [0.1, 0.15) is 50.3 Å². The number of ether oxygens (including phenoxy) is 1.